The van der Waals surface area contributed by atoms with Crippen LogP contribution in [-0.4, -0.2) is 30.6 Å². The molecule has 1 rings (SSSR count). The first-order valence-corrected chi connectivity index (χ1v) is 6.63. The molecule has 0 aliphatic heterocycles. The van der Waals surface area contributed by atoms with E-state index in [9.17, 15) is 9.90 Å². The average Bonchev–Trinajstić information content (AvgIpc) is 2.27. The van der Waals surface area contributed by atoms with Gasteiger partial charge < -0.3 is 15.3 Å². The molecule has 1 aromatic rings. The number of halogens is 1. The molecule has 0 fully saturated rings. The lowest BCUT2D eigenvalue weighted by Gasteiger charge is -2.22. The lowest BCUT2D eigenvalue weighted by atomic mass is 10.1. The number of anilines is 1. The zero-order chi connectivity index (χ0) is 13.7. The lowest BCUT2D eigenvalue weighted by molar-refractivity contribution is -0.120. The number of benzene rings is 1. The molecule has 0 saturated heterocycles. The van der Waals surface area contributed by atoms with Gasteiger partial charge >= 0.3 is 0 Å². The third kappa shape index (κ3) is 4.31. The topological polar surface area (TPSA) is 52.6 Å². The number of rotatable bonds is 5. The van der Waals surface area contributed by atoms with E-state index in [-0.39, 0.29) is 25.1 Å². The standard InChI is InChI=1S/C13H19BrN2O2/c1-9(2)15-13(18)7-16(3)12-5-4-11(14)6-10(12)8-17/h4-6,9,17H,7-8H2,1-3H3,(H,15,18). The van der Waals surface area contributed by atoms with Gasteiger partial charge in [-0.2, -0.15) is 0 Å². The number of hydrogen-bond donors (Lipinski definition) is 2. The SMILES string of the molecule is CC(C)NC(=O)CN(C)c1ccc(Br)cc1CO. The second-order valence-electron chi connectivity index (χ2n) is 4.51. The van der Waals surface area contributed by atoms with Gasteiger partial charge in [-0.15, -0.1) is 0 Å². The van der Waals surface area contributed by atoms with Gasteiger partial charge in [0.15, 0.2) is 0 Å². The Morgan fingerprint density at radius 1 is 1.50 bits per heavy atom. The van der Waals surface area contributed by atoms with Crippen LogP contribution >= 0.6 is 15.9 Å². The van der Waals surface area contributed by atoms with Crippen molar-refractivity contribution in [2.24, 2.45) is 0 Å². The molecule has 0 aliphatic rings. The summed E-state index contributed by atoms with van der Waals surface area (Å²) in [7, 11) is 1.84. The second kappa shape index (κ2) is 6.75. The van der Waals surface area contributed by atoms with Crippen molar-refractivity contribution < 1.29 is 9.90 Å². The van der Waals surface area contributed by atoms with Crippen molar-refractivity contribution in [3.63, 3.8) is 0 Å². The second-order valence-corrected chi connectivity index (χ2v) is 5.43. The van der Waals surface area contributed by atoms with Crippen LogP contribution in [0.25, 0.3) is 0 Å². The highest BCUT2D eigenvalue weighted by Gasteiger charge is 2.11. The molecule has 0 heterocycles. The lowest BCUT2D eigenvalue weighted by Crippen LogP contribution is -2.38. The van der Waals surface area contributed by atoms with E-state index >= 15 is 0 Å². The van der Waals surface area contributed by atoms with Crippen LogP contribution in [0.4, 0.5) is 5.69 Å². The molecule has 100 valence electrons. The van der Waals surface area contributed by atoms with Crippen molar-refractivity contribution >= 4 is 27.5 Å². The Hall–Kier alpha value is -1.07. The van der Waals surface area contributed by atoms with Crippen LogP contribution in [0.3, 0.4) is 0 Å². The van der Waals surface area contributed by atoms with Gasteiger partial charge in [-0.05, 0) is 32.0 Å². The average molecular weight is 315 g/mol. The number of likely N-dealkylation sites (N-methyl/N-ethyl adjacent to an activating group) is 1. The molecule has 0 bridgehead atoms. The molecular weight excluding hydrogens is 296 g/mol. The Labute approximate surface area is 116 Å². The van der Waals surface area contributed by atoms with E-state index in [1.54, 1.807) is 0 Å². The maximum absolute atomic E-state index is 11.7. The fourth-order valence-electron chi connectivity index (χ4n) is 1.72. The molecule has 1 aromatic carbocycles. The van der Waals surface area contributed by atoms with Gasteiger partial charge in [0.25, 0.3) is 0 Å². The highest BCUT2D eigenvalue weighted by atomic mass is 79.9. The molecule has 4 nitrogen and oxygen atoms in total. The third-order valence-corrected chi connectivity index (χ3v) is 2.95. The van der Waals surface area contributed by atoms with Gasteiger partial charge in [-0.1, -0.05) is 15.9 Å². The van der Waals surface area contributed by atoms with Crippen LogP contribution in [0.5, 0.6) is 0 Å². The highest BCUT2D eigenvalue weighted by Crippen LogP contribution is 2.23. The Kier molecular flexibility index (Phi) is 5.62. The maximum Gasteiger partial charge on any atom is 0.239 e. The van der Waals surface area contributed by atoms with Crippen molar-refractivity contribution in [3.8, 4) is 0 Å². The minimum Gasteiger partial charge on any atom is -0.392 e. The fourth-order valence-corrected chi connectivity index (χ4v) is 2.13. The number of carbonyl (C=O) groups excluding carboxylic acids is 1. The number of nitrogens with one attached hydrogen (secondary N) is 1. The molecule has 18 heavy (non-hydrogen) atoms. The summed E-state index contributed by atoms with van der Waals surface area (Å²) in [6.07, 6.45) is 0. The highest BCUT2D eigenvalue weighted by molar-refractivity contribution is 9.10. The molecule has 5 heteroatoms. The smallest absolute Gasteiger partial charge is 0.239 e. The van der Waals surface area contributed by atoms with Gasteiger partial charge in [0.05, 0.1) is 13.2 Å². The number of amides is 1. The Bertz CT molecular complexity index is 421. The summed E-state index contributed by atoms with van der Waals surface area (Å²) < 4.78 is 0.912. The molecule has 1 amide bonds. The van der Waals surface area contributed by atoms with Crippen LogP contribution in [0.15, 0.2) is 22.7 Å². The number of aliphatic hydroxyl groups is 1. The van der Waals surface area contributed by atoms with E-state index in [0.717, 1.165) is 15.7 Å². The number of carbonyl (C=O) groups is 1. The zero-order valence-corrected chi connectivity index (χ0v) is 12.5. The van der Waals surface area contributed by atoms with Crippen LogP contribution in [-0.2, 0) is 11.4 Å². The number of nitrogens with zero attached hydrogens (tertiary/aromatic N) is 1. The van der Waals surface area contributed by atoms with E-state index in [2.05, 4.69) is 21.2 Å². The van der Waals surface area contributed by atoms with E-state index in [4.69, 9.17) is 0 Å². The van der Waals surface area contributed by atoms with Crippen molar-refractivity contribution in [3.05, 3.63) is 28.2 Å². The summed E-state index contributed by atoms with van der Waals surface area (Å²) in [5.74, 6) is -0.0284. The first-order chi connectivity index (χ1) is 8.43. The van der Waals surface area contributed by atoms with E-state index in [1.807, 2.05) is 44.0 Å². The first kappa shape index (κ1) is 15.0. The molecule has 0 aliphatic carbocycles. The summed E-state index contributed by atoms with van der Waals surface area (Å²) in [5, 5.41) is 12.2. The van der Waals surface area contributed by atoms with Crippen LogP contribution in [0.2, 0.25) is 0 Å². The molecule has 0 radical (unpaired) electrons. The Morgan fingerprint density at radius 2 is 2.17 bits per heavy atom. The first-order valence-electron chi connectivity index (χ1n) is 5.83. The predicted octanol–water partition coefficient (Wildman–Crippen LogP) is 1.90. The van der Waals surface area contributed by atoms with E-state index < -0.39 is 0 Å². The predicted molar refractivity (Wildman–Crippen MR) is 76.6 cm³/mol. The normalized spacial score (nSPS) is 10.6. The van der Waals surface area contributed by atoms with Crippen molar-refractivity contribution in [2.75, 3.05) is 18.5 Å². The number of aliphatic hydroxyl groups excluding tert-OH is 1. The van der Waals surface area contributed by atoms with Gasteiger partial charge in [0.1, 0.15) is 0 Å². The summed E-state index contributed by atoms with van der Waals surface area (Å²) in [6.45, 7) is 4.07. The van der Waals surface area contributed by atoms with Crippen molar-refractivity contribution in [1.82, 2.24) is 5.32 Å². The summed E-state index contributed by atoms with van der Waals surface area (Å²) in [5.41, 5.74) is 1.66. The van der Waals surface area contributed by atoms with Gasteiger partial charge in [0.2, 0.25) is 5.91 Å². The van der Waals surface area contributed by atoms with Crippen LogP contribution < -0.4 is 10.2 Å². The van der Waals surface area contributed by atoms with Gasteiger partial charge in [-0.25, -0.2) is 0 Å². The monoisotopic (exact) mass is 314 g/mol. The molecule has 0 spiro atoms. The fraction of sp³-hybridized carbons (Fsp3) is 0.462. The summed E-state index contributed by atoms with van der Waals surface area (Å²) in [4.78, 5) is 13.5. The largest absolute Gasteiger partial charge is 0.392 e. The number of hydrogen-bond acceptors (Lipinski definition) is 3. The molecular formula is C13H19BrN2O2. The zero-order valence-electron chi connectivity index (χ0n) is 10.9. The van der Waals surface area contributed by atoms with Crippen molar-refractivity contribution in [1.29, 1.82) is 0 Å². The third-order valence-electron chi connectivity index (χ3n) is 2.45. The molecule has 0 atom stereocenters. The molecule has 0 aromatic heterocycles. The minimum absolute atomic E-state index is 0.0284. The van der Waals surface area contributed by atoms with Crippen molar-refractivity contribution in [2.45, 2.75) is 26.5 Å². The summed E-state index contributed by atoms with van der Waals surface area (Å²) >= 11 is 3.36. The van der Waals surface area contributed by atoms with E-state index in [1.165, 1.54) is 0 Å². The Balaban J connectivity index is 2.77. The summed E-state index contributed by atoms with van der Waals surface area (Å²) in [6, 6.07) is 5.77. The van der Waals surface area contributed by atoms with E-state index in [0.29, 0.717) is 0 Å². The molecule has 0 saturated carbocycles. The van der Waals surface area contributed by atoms with Crippen LogP contribution in [0, 0.1) is 0 Å². The van der Waals surface area contributed by atoms with Gasteiger partial charge in [0, 0.05) is 28.8 Å². The molecule has 0 unspecified atom stereocenters. The minimum atomic E-state index is -0.0507. The van der Waals surface area contributed by atoms with Gasteiger partial charge in [-0.3, -0.25) is 4.79 Å². The quantitative estimate of drug-likeness (QED) is 0.873. The maximum atomic E-state index is 11.7. The Morgan fingerprint density at radius 3 is 2.72 bits per heavy atom. The molecule has 2 N–H and O–H groups in total. The van der Waals surface area contributed by atoms with Crippen LogP contribution in [0.1, 0.15) is 19.4 Å².